The molecule has 10 heteroatoms. The summed E-state index contributed by atoms with van der Waals surface area (Å²) in [6, 6.07) is 0. The summed E-state index contributed by atoms with van der Waals surface area (Å²) in [6.07, 6.45) is -6.39. The molecule has 0 aliphatic rings. The van der Waals surface area contributed by atoms with E-state index in [4.69, 9.17) is 0 Å². The van der Waals surface area contributed by atoms with Crippen molar-refractivity contribution in [1.82, 2.24) is 0 Å². The van der Waals surface area contributed by atoms with Gasteiger partial charge in [-0.3, -0.25) is 0 Å². The van der Waals surface area contributed by atoms with Gasteiger partial charge in [0.25, 0.3) is 8.38 Å². The van der Waals surface area contributed by atoms with Gasteiger partial charge < -0.3 is 9.05 Å². The van der Waals surface area contributed by atoms with Crippen LogP contribution in [0.3, 0.4) is 0 Å². The van der Waals surface area contributed by atoms with E-state index in [-0.39, 0.29) is 11.8 Å². The molecule has 0 aromatic rings. The molecule has 0 amide bonds. The van der Waals surface area contributed by atoms with E-state index >= 15 is 0 Å². The molecule has 0 unspecified atom stereocenters. The van der Waals surface area contributed by atoms with E-state index in [0.717, 1.165) is 0 Å². The van der Waals surface area contributed by atoms with E-state index in [1.54, 1.807) is 0 Å². The fourth-order valence-electron chi connectivity index (χ4n) is 0.918. The minimum atomic E-state index is -6.39. The Hall–Kier alpha value is -0.140. The summed E-state index contributed by atoms with van der Waals surface area (Å²) in [7, 11) is -3.72. The van der Waals surface area contributed by atoms with Crippen LogP contribution in [-0.2, 0) is 9.05 Å². The van der Waals surface area contributed by atoms with E-state index in [1.807, 2.05) is 0 Å². The number of hydrogen-bond donors (Lipinski definition) is 0. The number of rotatable bonds is 8. The van der Waals surface area contributed by atoms with Crippen molar-refractivity contribution in [3.05, 3.63) is 0 Å². The fraction of sp³-hybridized carbons (Fsp3) is 1.00. The Morgan fingerprint density at radius 2 is 1.10 bits per heavy atom. The van der Waals surface area contributed by atoms with Gasteiger partial charge in [0.15, 0.2) is 0 Å². The number of halogens is 7. The fourth-order valence-corrected chi connectivity index (χ4v) is 2.54. The Morgan fingerprint density at radius 1 is 0.762 bits per heavy atom. The quantitative estimate of drug-likeness (QED) is 0.431. The van der Waals surface area contributed by atoms with Crippen LogP contribution in [-0.4, -0.2) is 31.0 Å². The largest absolute Gasteiger partial charge is 0.460 e. The SMILES string of the molecule is CC(C)COP(OCC(C)C)C(F)(F)C(F)(F)C(F)(F)F. The number of hydrogen-bond acceptors (Lipinski definition) is 2. The molecule has 0 aliphatic carbocycles. The summed E-state index contributed by atoms with van der Waals surface area (Å²) in [6.45, 7) is 5.33. The third-order valence-corrected chi connectivity index (χ3v) is 3.52. The van der Waals surface area contributed by atoms with Crippen LogP contribution in [0.25, 0.3) is 0 Å². The van der Waals surface area contributed by atoms with Crippen LogP contribution in [0.15, 0.2) is 0 Å². The summed E-state index contributed by atoms with van der Waals surface area (Å²) in [5.74, 6) is -6.87. The molecule has 0 rings (SSSR count). The highest BCUT2D eigenvalue weighted by atomic mass is 31.2. The maximum Gasteiger partial charge on any atom is 0.460 e. The molecule has 0 spiro atoms. The molecule has 128 valence electrons. The molecule has 0 heterocycles. The van der Waals surface area contributed by atoms with Crippen LogP contribution in [0.2, 0.25) is 0 Å². The van der Waals surface area contributed by atoms with Crippen molar-refractivity contribution in [2.75, 3.05) is 13.2 Å². The predicted molar refractivity (Wildman–Crippen MR) is 64.4 cm³/mol. The maximum absolute atomic E-state index is 13.6. The summed E-state index contributed by atoms with van der Waals surface area (Å²) >= 11 is 0. The van der Waals surface area contributed by atoms with Crippen LogP contribution in [0.4, 0.5) is 30.7 Å². The Bertz CT molecular complexity index is 306. The first-order valence-electron chi connectivity index (χ1n) is 6.11. The van der Waals surface area contributed by atoms with E-state index in [9.17, 15) is 30.7 Å². The number of alkyl halides is 7. The van der Waals surface area contributed by atoms with Crippen molar-refractivity contribution in [2.45, 2.75) is 45.5 Å². The molecule has 0 atom stereocenters. The second kappa shape index (κ2) is 7.42. The third-order valence-electron chi connectivity index (χ3n) is 2.01. The zero-order valence-electron chi connectivity index (χ0n) is 12.0. The summed E-state index contributed by atoms with van der Waals surface area (Å²) in [5, 5.41) is 0. The van der Waals surface area contributed by atoms with Gasteiger partial charge in [0.2, 0.25) is 0 Å². The standard InChI is InChI=1S/C11H18F7O2P/c1-7(2)5-19-21(20-6-8(3)4)11(17,18)9(12,13)10(14,15)16/h7-8H,5-6H2,1-4H3. The van der Waals surface area contributed by atoms with Gasteiger partial charge in [0.1, 0.15) is 0 Å². The molecule has 21 heavy (non-hydrogen) atoms. The molecular formula is C11H18F7O2P. The molecule has 0 N–H and O–H groups in total. The first-order valence-corrected chi connectivity index (χ1v) is 7.29. The summed E-state index contributed by atoms with van der Waals surface area (Å²) in [4.78, 5) is 0. The molecule has 0 bridgehead atoms. The molecule has 0 saturated heterocycles. The Labute approximate surface area is 119 Å². The Balaban J connectivity index is 5.25. The summed E-state index contributed by atoms with van der Waals surface area (Å²) < 4.78 is 98.6. The van der Waals surface area contributed by atoms with Crippen LogP contribution >= 0.6 is 8.38 Å². The Kier molecular flexibility index (Phi) is 7.37. The van der Waals surface area contributed by atoms with E-state index < -0.39 is 39.4 Å². The van der Waals surface area contributed by atoms with E-state index in [2.05, 4.69) is 9.05 Å². The van der Waals surface area contributed by atoms with Crippen molar-refractivity contribution >= 4 is 8.38 Å². The first kappa shape index (κ1) is 20.9. The van der Waals surface area contributed by atoms with Crippen molar-refractivity contribution < 1.29 is 39.8 Å². The molecule has 0 saturated carbocycles. The van der Waals surface area contributed by atoms with Crippen molar-refractivity contribution in [1.29, 1.82) is 0 Å². The van der Waals surface area contributed by atoms with Gasteiger partial charge in [-0.1, -0.05) is 27.7 Å². The molecular weight excluding hydrogens is 328 g/mol. The van der Waals surface area contributed by atoms with Gasteiger partial charge in [-0.25, -0.2) is 0 Å². The molecule has 0 aromatic heterocycles. The topological polar surface area (TPSA) is 18.5 Å². The van der Waals surface area contributed by atoms with Gasteiger partial charge in [0.05, 0.1) is 13.2 Å². The molecule has 0 aromatic carbocycles. The monoisotopic (exact) mass is 346 g/mol. The van der Waals surface area contributed by atoms with Crippen molar-refractivity contribution in [3.63, 3.8) is 0 Å². The predicted octanol–water partition coefficient (Wildman–Crippen LogP) is 5.43. The second-order valence-electron chi connectivity index (χ2n) is 5.25. The van der Waals surface area contributed by atoms with Crippen LogP contribution < -0.4 is 0 Å². The van der Waals surface area contributed by atoms with Crippen LogP contribution in [0.1, 0.15) is 27.7 Å². The average molecular weight is 346 g/mol. The highest BCUT2D eigenvalue weighted by molar-refractivity contribution is 7.48. The zero-order valence-corrected chi connectivity index (χ0v) is 12.9. The van der Waals surface area contributed by atoms with Crippen molar-refractivity contribution in [3.8, 4) is 0 Å². The van der Waals surface area contributed by atoms with Gasteiger partial charge in [-0.05, 0) is 11.8 Å². The minimum absolute atomic E-state index is 0.326. The van der Waals surface area contributed by atoms with Crippen molar-refractivity contribution in [2.24, 2.45) is 11.8 Å². The summed E-state index contributed by atoms with van der Waals surface area (Å²) in [5.41, 5.74) is -5.47. The molecule has 0 fully saturated rings. The van der Waals surface area contributed by atoms with Crippen LogP contribution in [0.5, 0.6) is 0 Å². The van der Waals surface area contributed by atoms with Gasteiger partial charge in [-0.15, -0.1) is 0 Å². The smallest absolute Gasteiger partial charge is 0.329 e. The molecule has 2 nitrogen and oxygen atoms in total. The highest BCUT2D eigenvalue weighted by Gasteiger charge is 2.77. The third kappa shape index (κ3) is 5.53. The van der Waals surface area contributed by atoms with Crippen LogP contribution in [0, 0.1) is 11.8 Å². The molecule has 0 aliphatic heterocycles. The van der Waals surface area contributed by atoms with Gasteiger partial charge >= 0.3 is 17.8 Å². The molecule has 0 radical (unpaired) electrons. The minimum Gasteiger partial charge on any atom is -0.329 e. The second-order valence-corrected chi connectivity index (χ2v) is 6.84. The lowest BCUT2D eigenvalue weighted by Gasteiger charge is -2.33. The first-order chi connectivity index (χ1) is 9.23. The highest BCUT2D eigenvalue weighted by Crippen LogP contribution is 2.64. The maximum atomic E-state index is 13.6. The van der Waals surface area contributed by atoms with Gasteiger partial charge in [0, 0.05) is 0 Å². The lowest BCUT2D eigenvalue weighted by molar-refractivity contribution is -0.334. The average Bonchev–Trinajstić information content (AvgIpc) is 2.25. The Morgan fingerprint density at radius 3 is 1.33 bits per heavy atom. The van der Waals surface area contributed by atoms with E-state index in [0.29, 0.717) is 0 Å². The zero-order chi connectivity index (χ0) is 17.1. The van der Waals surface area contributed by atoms with E-state index in [1.165, 1.54) is 27.7 Å². The lowest BCUT2D eigenvalue weighted by Crippen LogP contribution is -2.51. The normalized spacial score (nSPS) is 14.6. The van der Waals surface area contributed by atoms with Gasteiger partial charge in [-0.2, -0.15) is 30.7 Å². The lowest BCUT2D eigenvalue weighted by atomic mass is 10.2.